The number of nitrogens with two attached hydrogens (primary N) is 1. The lowest BCUT2D eigenvalue weighted by Gasteiger charge is -2.21. The van der Waals surface area contributed by atoms with Gasteiger partial charge in [0, 0.05) is 11.1 Å². The van der Waals surface area contributed by atoms with Crippen LogP contribution in [0.3, 0.4) is 0 Å². The number of nitrogen functional groups attached to an aromatic ring is 1. The molecule has 0 saturated heterocycles. The molecular weight excluding hydrogens is 300 g/mol. The molecule has 130 valence electrons. The van der Waals surface area contributed by atoms with Gasteiger partial charge in [0.1, 0.15) is 23.9 Å². The van der Waals surface area contributed by atoms with Gasteiger partial charge in [0.15, 0.2) is 0 Å². The molecule has 2 aromatic rings. The topological polar surface area (TPSA) is 57.4 Å². The second kappa shape index (κ2) is 8.57. The molecule has 0 amide bonds. The number of benzene rings is 1. The van der Waals surface area contributed by atoms with Gasteiger partial charge in [-0.15, -0.1) is 0 Å². The monoisotopic (exact) mass is 328 g/mol. The van der Waals surface area contributed by atoms with Crippen molar-refractivity contribution in [2.45, 2.75) is 47.1 Å². The highest BCUT2D eigenvalue weighted by Gasteiger charge is 2.18. The Morgan fingerprint density at radius 2 is 2.00 bits per heavy atom. The van der Waals surface area contributed by atoms with Gasteiger partial charge >= 0.3 is 0 Å². The van der Waals surface area contributed by atoms with E-state index in [4.69, 9.17) is 15.2 Å². The summed E-state index contributed by atoms with van der Waals surface area (Å²) >= 11 is 0. The SMILES string of the molecule is CC.CC(C)CCCOc1ccc2c(c1)COc1cnc(N)cc1-2. The largest absolute Gasteiger partial charge is 0.494 e. The van der Waals surface area contributed by atoms with E-state index in [2.05, 4.69) is 31.0 Å². The van der Waals surface area contributed by atoms with Crippen molar-refractivity contribution in [3.8, 4) is 22.6 Å². The number of hydrogen-bond acceptors (Lipinski definition) is 4. The lowest BCUT2D eigenvalue weighted by atomic mass is 9.98. The molecule has 0 aliphatic carbocycles. The molecule has 24 heavy (non-hydrogen) atoms. The number of ether oxygens (including phenoxy) is 2. The summed E-state index contributed by atoms with van der Waals surface area (Å²) in [6, 6.07) is 8.01. The Morgan fingerprint density at radius 1 is 1.21 bits per heavy atom. The molecule has 0 spiro atoms. The number of nitrogens with zero attached hydrogens (tertiary/aromatic N) is 1. The second-order valence-electron chi connectivity index (χ2n) is 6.10. The van der Waals surface area contributed by atoms with Crippen LogP contribution >= 0.6 is 0 Å². The molecule has 2 N–H and O–H groups in total. The van der Waals surface area contributed by atoms with Crippen LogP contribution in [0.25, 0.3) is 11.1 Å². The predicted octanol–water partition coefficient (Wildman–Crippen LogP) is 5.06. The van der Waals surface area contributed by atoms with Crippen molar-refractivity contribution in [3.05, 3.63) is 36.0 Å². The number of rotatable bonds is 5. The Labute approximate surface area is 145 Å². The molecular formula is C20H28N2O2. The molecule has 4 nitrogen and oxygen atoms in total. The maximum absolute atomic E-state index is 5.84. The third-order valence-corrected chi connectivity index (χ3v) is 3.83. The van der Waals surface area contributed by atoms with Crippen molar-refractivity contribution in [1.29, 1.82) is 0 Å². The van der Waals surface area contributed by atoms with Gasteiger partial charge in [-0.05, 0) is 42.5 Å². The van der Waals surface area contributed by atoms with Gasteiger partial charge < -0.3 is 15.2 Å². The zero-order chi connectivity index (χ0) is 17.5. The zero-order valence-corrected chi connectivity index (χ0v) is 15.1. The van der Waals surface area contributed by atoms with Crippen molar-refractivity contribution < 1.29 is 9.47 Å². The maximum Gasteiger partial charge on any atom is 0.146 e. The smallest absolute Gasteiger partial charge is 0.146 e. The van der Waals surface area contributed by atoms with Crippen LogP contribution in [0.1, 0.15) is 46.1 Å². The Kier molecular flexibility index (Phi) is 6.47. The van der Waals surface area contributed by atoms with Gasteiger partial charge in [-0.25, -0.2) is 4.98 Å². The minimum atomic E-state index is 0.504. The lowest BCUT2D eigenvalue weighted by molar-refractivity contribution is 0.289. The van der Waals surface area contributed by atoms with Crippen LogP contribution < -0.4 is 15.2 Å². The summed E-state index contributed by atoms with van der Waals surface area (Å²) in [7, 11) is 0. The normalized spacial score (nSPS) is 11.7. The molecule has 0 fully saturated rings. The van der Waals surface area contributed by atoms with Gasteiger partial charge in [0.25, 0.3) is 0 Å². The number of aromatic nitrogens is 1. The first kappa shape index (κ1) is 18.1. The van der Waals surface area contributed by atoms with Crippen LogP contribution in [-0.4, -0.2) is 11.6 Å². The fourth-order valence-corrected chi connectivity index (χ4v) is 2.66. The van der Waals surface area contributed by atoms with Crippen molar-refractivity contribution in [2.24, 2.45) is 5.92 Å². The lowest BCUT2D eigenvalue weighted by Crippen LogP contribution is -2.07. The van der Waals surface area contributed by atoms with Crippen LogP contribution in [0.4, 0.5) is 5.82 Å². The molecule has 1 aliphatic rings. The average molecular weight is 328 g/mol. The summed E-state index contributed by atoms with van der Waals surface area (Å²) in [6.07, 6.45) is 3.95. The number of pyridine rings is 1. The van der Waals surface area contributed by atoms with Gasteiger partial charge in [0.2, 0.25) is 0 Å². The number of anilines is 1. The van der Waals surface area contributed by atoms with Crippen LogP contribution in [0.5, 0.6) is 11.5 Å². The molecule has 3 rings (SSSR count). The third-order valence-electron chi connectivity index (χ3n) is 3.83. The Morgan fingerprint density at radius 3 is 2.75 bits per heavy atom. The summed E-state index contributed by atoms with van der Waals surface area (Å²) in [4.78, 5) is 4.08. The molecule has 0 atom stereocenters. The highest BCUT2D eigenvalue weighted by molar-refractivity contribution is 5.77. The maximum atomic E-state index is 5.84. The molecule has 0 bridgehead atoms. The molecule has 0 saturated carbocycles. The molecule has 2 heterocycles. The van der Waals surface area contributed by atoms with E-state index < -0.39 is 0 Å². The van der Waals surface area contributed by atoms with Crippen molar-refractivity contribution in [3.63, 3.8) is 0 Å². The molecule has 0 unspecified atom stereocenters. The summed E-state index contributed by atoms with van der Waals surface area (Å²) in [5.41, 5.74) is 9.05. The highest BCUT2D eigenvalue weighted by Crippen LogP contribution is 2.39. The Bertz CT molecular complexity index is 669. The van der Waals surface area contributed by atoms with E-state index >= 15 is 0 Å². The quantitative estimate of drug-likeness (QED) is 0.779. The van der Waals surface area contributed by atoms with Gasteiger partial charge in [-0.1, -0.05) is 33.8 Å². The third kappa shape index (κ3) is 4.40. The molecule has 1 aromatic carbocycles. The molecule has 4 heteroatoms. The number of hydrogen-bond donors (Lipinski definition) is 1. The van der Waals surface area contributed by atoms with Gasteiger partial charge in [-0.3, -0.25) is 0 Å². The second-order valence-corrected chi connectivity index (χ2v) is 6.10. The van der Waals surface area contributed by atoms with Crippen molar-refractivity contribution in [1.82, 2.24) is 4.98 Å². The first-order valence-electron chi connectivity index (χ1n) is 8.78. The van der Waals surface area contributed by atoms with Crippen LogP contribution in [0, 0.1) is 5.92 Å². The first-order valence-corrected chi connectivity index (χ1v) is 8.78. The van der Waals surface area contributed by atoms with E-state index in [1.165, 1.54) is 6.42 Å². The van der Waals surface area contributed by atoms with E-state index in [0.717, 1.165) is 47.1 Å². The van der Waals surface area contributed by atoms with Crippen molar-refractivity contribution >= 4 is 5.82 Å². The van der Waals surface area contributed by atoms with Gasteiger partial charge in [-0.2, -0.15) is 0 Å². The highest BCUT2D eigenvalue weighted by atomic mass is 16.5. The van der Waals surface area contributed by atoms with E-state index in [0.29, 0.717) is 12.4 Å². The minimum Gasteiger partial charge on any atom is -0.494 e. The van der Waals surface area contributed by atoms with E-state index in [-0.39, 0.29) is 0 Å². The van der Waals surface area contributed by atoms with Crippen molar-refractivity contribution in [2.75, 3.05) is 12.3 Å². The molecule has 0 radical (unpaired) electrons. The van der Waals surface area contributed by atoms with Crippen LogP contribution in [0.2, 0.25) is 0 Å². The summed E-state index contributed by atoms with van der Waals surface area (Å²) < 4.78 is 11.6. The fourth-order valence-electron chi connectivity index (χ4n) is 2.66. The molecule has 1 aliphatic heterocycles. The fraction of sp³-hybridized carbons (Fsp3) is 0.450. The summed E-state index contributed by atoms with van der Waals surface area (Å²) in [5.74, 6) is 2.91. The number of fused-ring (bicyclic) bond motifs is 3. The van der Waals surface area contributed by atoms with Crippen LogP contribution in [0.15, 0.2) is 30.5 Å². The first-order chi connectivity index (χ1) is 11.6. The zero-order valence-electron chi connectivity index (χ0n) is 15.1. The Hall–Kier alpha value is -2.23. The van der Waals surface area contributed by atoms with Crippen LogP contribution in [-0.2, 0) is 6.61 Å². The predicted molar refractivity (Wildman–Crippen MR) is 99.3 cm³/mol. The van der Waals surface area contributed by atoms with E-state index in [9.17, 15) is 0 Å². The summed E-state index contributed by atoms with van der Waals surface area (Å²) in [6.45, 7) is 9.75. The minimum absolute atomic E-state index is 0.504. The molecule has 1 aromatic heterocycles. The summed E-state index contributed by atoms with van der Waals surface area (Å²) in [5, 5.41) is 0. The average Bonchev–Trinajstić information content (AvgIpc) is 2.60. The van der Waals surface area contributed by atoms with Gasteiger partial charge in [0.05, 0.1) is 12.8 Å². The standard InChI is InChI=1S/C18H22N2O2.C2H6/c1-12(2)4-3-7-21-14-5-6-15-13(8-14)11-22-17-10-20-18(19)9-16(15)17;1-2/h5-6,8-10,12H,3-4,7,11H2,1-2H3,(H2,19,20);1-2H3. The van der Waals surface area contributed by atoms with E-state index in [1.54, 1.807) is 6.20 Å². The Balaban J connectivity index is 0.00000100. The van der Waals surface area contributed by atoms with E-state index in [1.807, 2.05) is 26.0 Å².